The van der Waals surface area contributed by atoms with Gasteiger partial charge in [0.1, 0.15) is 5.75 Å². The van der Waals surface area contributed by atoms with Crippen molar-refractivity contribution >= 4 is 15.9 Å². The van der Waals surface area contributed by atoms with Gasteiger partial charge in [0, 0.05) is 18.9 Å². The highest BCUT2D eigenvalue weighted by molar-refractivity contribution is 9.10. The molecule has 1 heterocycles. The van der Waals surface area contributed by atoms with Gasteiger partial charge < -0.3 is 18.9 Å². The lowest BCUT2D eigenvalue weighted by Gasteiger charge is -2.52. The van der Waals surface area contributed by atoms with Gasteiger partial charge >= 0.3 is 0 Å². The topological polar surface area (TPSA) is 36.9 Å². The van der Waals surface area contributed by atoms with E-state index in [-0.39, 0.29) is 18.0 Å². The molecule has 0 N–H and O–H groups in total. The van der Waals surface area contributed by atoms with Crippen molar-refractivity contribution in [3.8, 4) is 5.75 Å². The number of ether oxygens (including phenoxy) is 4. The Morgan fingerprint density at radius 3 is 2.74 bits per heavy atom. The molecule has 1 saturated heterocycles. The highest BCUT2D eigenvalue weighted by atomic mass is 79.9. The molecule has 1 aromatic carbocycles. The van der Waals surface area contributed by atoms with Crippen LogP contribution in [0.15, 0.2) is 16.6 Å². The van der Waals surface area contributed by atoms with Gasteiger partial charge in [0.15, 0.2) is 12.6 Å². The summed E-state index contributed by atoms with van der Waals surface area (Å²) in [5.74, 6) is 2.67. The van der Waals surface area contributed by atoms with Crippen LogP contribution in [-0.2, 0) is 20.6 Å². The Morgan fingerprint density at radius 1 is 1.15 bits per heavy atom. The summed E-state index contributed by atoms with van der Waals surface area (Å²) in [7, 11) is 1.65. The summed E-state index contributed by atoms with van der Waals surface area (Å²) in [6, 6.07) is 4.54. The Morgan fingerprint density at radius 2 is 1.96 bits per heavy atom. The van der Waals surface area contributed by atoms with Crippen LogP contribution in [0.4, 0.5) is 0 Å². The molecule has 5 heteroatoms. The standard InChI is InChI=1S/C22H29BrO4/c1-21-7-5-15-16(18(21)6-8-22(21)26-9-10-27-22)4-3-14-11-20(25-13-24-2)19(23)12-17(14)15/h11-12,15-16,18H,3-10,13H2,1-2H3/t15-,16+,18-,21-/m0/s1. The Bertz CT molecular complexity index is 729. The molecule has 4 atom stereocenters. The van der Waals surface area contributed by atoms with E-state index >= 15 is 0 Å². The highest BCUT2D eigenvalue weighted by Crippen LogP contribution is 2.66. The van der Waals surface area contributed by atoms with Crippen LogP contribution in [0.1, 0.15) is 56.1 Å². The highest BCUT2D eigenvalue weighted by Gasteiger charge is 2.64. The first-order valence-corrected chi connectivity index (χ1v) is 11.1. The number of benzene rings is 1. The van der Waals surface area contributed by atoms with E-state index < -0.39 is 0 Å². The number of hydrogen-bond donors (Lipinski definition) is 0. The minimum atomic E-state index is -0.304. The summed E-state index contributed by atoms with van der Waals surface area (Å²) in [6.45, 7) is 4.25. The Hall–Kier alpha value is -0.620. The predicted molar refractivity (Wildman–Crippen MR) is 106 cm³/mol. The maximum atomic E-state index is 6.24. The fourth-order valence-corrected chi connectivity index (χ4v) is 7.16. The van der Waals surface area contributed by atoms with E-state index in [4.69, 9.17) is 18.9 Å². The summed E-state index contributed by atoms with van der Waals surface area (Å²) < 4.78 is 24.3. The van der Waals surface area contributed by atoms with Gasteiger partial charge in [0.05, 0.1) is 17.7 Å². The number of aryl methyl sites for hydroxylation is 1. The molecule has 2 saturated carbocycles. The maximum Gasteiger partial charge on any atom is 0.188 e. The van der Waals surface area contributed by atoms with Gasteiger partial charge in [0.2, 0.25) is 0 Å². The molecule has 0 aromatic heterocycles. The predicted octanol–water partition coefficient (Wildman–Crippen LogP) is 5.03. The molecule has 148 valence electrons. The van der Waals surface area contributed by atoms with Crippen LogP contribution < -0.4 is 4.74 Å². The van der Waals surface area contributed by atoms with Crippen LogP contribution >= 0.6 is 15.9 Å². The summed E-state index contributed by atoms with van der Waals surface area (Å²) >= 11 is 3.72. The smallest absolute Gasteiger partial charge is 0.188 e. The van der Waals surface area contributed by atoms with E-state index in [1.807, 2.05) is 0 Å². The molecule has 0 unspecified atom stereocenters. The third-order valence-electron chi connectivity index (χ3n) is 7.91. The van der Waals surface area contributed by atoms with Gasteiger partial charge in [-0.25, -0.2) is 0 Å². The van der Waals surface area contributed by atoms with Crippen LogP contribution in [0.5, 0.6) is 5.75 Å². The zero-order valence-corrected chi connectivity index (χ0v) is 17.8. The van der Waals surface area contributed by atoms with E-state index in [0.29, 0.717) is 11.8 Å². The van der Waals surface area contributed by atoms with Crippen LogP contribution in [-0.4, -0.2) is 32.9 Å². The number of hydrogen-bond acceptors (Lipinski definition) is 4. The molecule has 1 spiro atoms. The fourth-order valence-electron chi connectivity index (χ4n) is 6.69. The van der Waals surface area contributed by atoms with Crippen molar-refractivity contribution in [1.29, 1.82) is 0 Å². The van der Waals surface area contributed by atoms with Gasteiger partial charge in [0.25, 0.3) is 0 Å². The largest absolute Gasteiger partial charge is 0.466 e. The second-order valence-electron chi connectivity index (χ2n) is 8.89. The fraction of sp³-hybridized carbons (Fsp3) is 0.727. The van der Waals surface area contributed by atoms with E-state index in [2.05, 4.69) is 35.0 Å². The number of rotatable bonds is 3. The third kappa shape index (κ3) is 2.65. The van der Waals surface area contributed by atoms with E-state index in [1.165, 1.54) is 36.8 Å². The van der Waals surface area contributed by atoms with Crippen LogP contribution in [0, 0.1) is 17.3 Å². The molecule has 1 aromatic rings. The van der Waals surface area contributed by atoms with E-state index in [1.54, 1.807) is 7.11 Å². The van der Waals surface area contributed by atoms with Crippen molar-refractivity contribution in [1.82, 2.24) is 0 Å². The van der Waals surface area contributed by atoms with Crippen LogP contribution in [0.2, 0.25) is 0 Å². The van der Waals surface area contributed by atoms with Gasteiger partial charge in [-0.05, 0) is 89.0 Å². The molecule has 1 aliphatic heterocycles. The van der Waals surface area contributed by atoms with E-state index in [0.717, 1.165) is 42.2 Å². The van der Waals surface area contributed by atoms with Gasteiger partial charge in [-0.1, -0.05) is 6.92 Å². The second-order valence-corrected chi connectivity index (χ2v) is 9.75. The van der Waals surface area contributed by atoms with E-state index in [9.17, 15) is 0 Å². The molecule has 4 aliphatic rings. The maximum absolute atomic E-state index is 6.24. The number of fused-ring (bicyclic) bond motifs is 6. The third-order valence-corrected chi connectivity index (χ3v) is 8.53. The summed E-state index contributed by atoms with van der Waals surface area (Å²) in [4.78, 5) is 0. The SMILES string of the molecule is COCOc1cc2c(cc1Br)[C@H]1CC[C@@]3(C)[C@@H](CCC34OCCO4)[C@@H]1CC2. The monoisotopic (exact) mass is 436 g/mol. The van der Waals surface area contributed by atoms with Crippen molar-refractivity contribution in [2.24, 2.45) is 17.3 Å². The Balaban J connectivity index is 1.45. The van der Waals surface area contributed by atoms with Crippen molar-refractivity contribution in [2.45, 2.75) is 57.2 Å². The van der Waals surface area contributed by atoms with Gasteiger partial charge in [-0.15, -0.1) is 0 Å². The van der Waals surface area contributed by atoms with Crippen molar-refractivity contribution in [3.63, 3.8) is 0 Å². The van der Waals surface area contributed by atoms with Crippen molar-refractivity contribution < 1.29 is 18.9 Å². The first-order valence-electron chi connectivity index (χ1n) is 10.3. The lowest BCUT2D eigenvalue weighted by atomic mass is 9.55. The van der Waals surface area contributed by atoms with Crippen LogP contribution in [0.3, 0.4) is 0 Å². The number of halogens is 1. The summed E-state index contributed by atoms with van der Waals surface area (Å²) in [6.07, 6.45) is 7.12. The molecule has 3 aliphatic carbocycles. The number of methoxy groups -OCH3 is 1. The summed E-state index contributed by atoms with van der Waals surface area (Å²) in [5.41, 5.74) is 3.15. The minimum absolute atomic E-state index is 0.168. The molecule has 0 bridgehead atoms. The van der Waals surface area contributed by atoms with Crippen molar-refractivity contribution in [2.75, 3.05) is 27.1 Å². The zero-order chi connectivity index (χ0) is 18.6. The molecule has 0 radical (unpaired) electrons. The molecule has 4 nitrogen and oxygen atoms in total. The average molecular weight is 437 g/mol. The quantitative estimate of drug-likeness (QED) is 0.622. The minimum Gasteiger partial charge on any atom is -0.466 e. The molecular formula is C22H29BrO4. The Kier molecular flexibility index (Phi) is 4.58. The summed E-state index contributed by atoms with van der Waals surface area (Å²) in [5, 5.41) is 0. The Labute approximate surface area is 170 Å². The lowest BCUT2D eigenvalue weighted by molar-refractivity contribution is -0.237. The molecular weight excluding hydrogens is 408 g/mol. The first kappa shape index (κ1) is 18.4. The lowest BCUT2D eigenvalue weighted by Crippen LogP contribution is -2.51. The molecule has 5 rings (SSSR count). The van der Waals surface area contributed by atoms with Gasteiger partial charge in [-0.3, -0.25) is 0 Å². The molecule has 3 fully saturated rings. The van der Waals surface area contributed by atoms with Crippen LogP contribution in [0.25, 0.3) is 0 Å². The van der Waals surface area contributed by atoms with Gasteiger partial charge in [-0.2, -0.15) is 0 Å². The average Bonchev–Trinajstić information content (AvgIpc) is 3.26. The second kappa shape index (κ2) is 6.72. The molecule has 27 heavy (non-hydrogen) atoms. The van der Waals surface area contributed by atoms with Crippen molar-refractivity contribution in [3.05, 3.63) is 27.7 Å². The normalized spacial score (nSPS) is 36.3. The first-order chi connectivity index (χ1) is 13.1. The molecule has 0 amide bonds. The zero-order valence-electron chi connectivity index (χ0n) is 16.3.